The van der Waals surface area contributed by atoms with E-state index in [9.17, 15) is 0 Å². The van der Waals surface area contributed by atoms with E-state index in [0.29, 0.717) is 10.8 Å². The first-order chi connectivity index (χ1) is 5.65. The van der Waals surface area contributed by atoms with Crippen LogP contribution in [0.5, 0.6) is 0 Å². The van der Waals surface area contributed by atoms with Crippen molar-refractivity contribution >= 4 is 0 Å². The molecule has 0 nitrogen and oxygen atoms in total. The molecule has 0 spiro atoms. The summed E-state index contributed by atoms with van der Waals surface area (Å²) in [4.78, 5) is 0. The summed E-state index contributed by atoms with van der Waals surface area (Å²) in [6.07, 6.45) is 4.08. The highest BCUT2D eigenvalue weighted by atomic mass is 14.3. The third kappa shape index (κ3) is 6.12. The molecule has 0 N–H and O–H groups in total. The van der Waals surface area contributed by atoms with E-state index >= 15 is 0 Å². The molecule has 0 aliphatic rings. The van der Waals surface area contributed by atoms with Crippen molar-refractivity contribution in [1.82, 2.24) is 0 Å². The summed E-state index contributed by atoms with van der Waals surface area (Å²) in [5, 5.41) is 0. The van der Waals surface area contributed by atoms with Gasteiger partial charge in [-0.3, -0.25) is 0 Å². The SMILES string of the molecule is CC(C)C(C)(C)CCCC(C)(C)C. The topological polar surface area (TPSA) is 0 Å². The van der Waals surface area contributed by atoms with Crippen LogP contribution >= 0.6 is 0 Å². The summed E-state index contributed by atoms with van der Waals surface area (Å²) in [5.41, 5.74) is 1.03. The van der Waals surface area contributed by atoms with Crippen molar-refractivity contribution in [2.24, 2.45) is 16.7 Å². The van der Waals surface area contributed by atoms with Gasteiger partial charge >= 0.3 is 0 Å². The van der Waals surface area contributed by atoms with Crippen LogP contribution in [0.4, 0.5) is 0 Å². The Hall–Kier alpha value is 0. The molecule has 0 atom stereocenters. The molecule has 0 fully saturated rings. The van der Waals surface area contributed by atoms with E-state index in [0.717, 1.165) is 5.92 Å². The summed E-state index contributed by atoms with van der Waals surface area (Å²) >= 11 is 0. The summed E-state index contributed by atoms with van der Waals surface area (Å²) in [5.74, 6) is 0.799. The minimum Gasteiger partial charge on any atom is -0.0623 e. The maximum absolute atomic E-state index is 2.39. The molecule has 0 bridgehead atoms. The van der Waals surface area contributed by atoms with Crippen LogP contribution in [0.25, 0.3) is 0 Å². The van der Waals surface area contributed by atoms with E-state index in [4.69, 9.17) is 0 Å². The standard InChI is InChI=1S/C13H28/c1-11(2)13(6,7)10-8-9-12(3,4)5/h11H,8-10H2,1-7H3. The van der Waals surface area contributed by atoms with E-state index < -0.39 is 0 Å². The van der Waals surface area contributed by atoms with Crippen molar-refractivity contribution in [3.63, 3.8) is 0 Å². The number of hydrogen-bond acceptors (Lipinski definition) is 0. The monoisotopic (exact) mass is 184 g/mol. The summed E-state index contributed by atoms with van der Waals surface area (Å²) < 4.78 is 0. The molecule has 0 rings (SSSR count). The molecule has 0 heterocycles. The highest BCUT2D eigenvalue weighted by Crippen LogP contribution is 2.34. The third-order valence-electron chi connectivity index (χ3n) is 3.31. The number of rotatable bonds is 4. The van der Waals surface area contributed by atoms with Crippen molar-refractivity contribution in [2.45, 2.75) is 67.7 Å². The molecule has 0 aliphatic heterocycles. The zero-order chi connectivity index (χ0) is 10.7. The van der Waals surface area contributed by atoms with Crippen molar-refractivity contribution in [2.75, 3.05) is 0 Å². The second-order valence-electron chi connectivity index (χ2n) is 6.56. The molecule has 13 heavy (non-hydrogen) atoms. The molecular formula is C13H28. The lowest BCUT2D eigenvalue weighted by Crippen LogP contribution is -2.19. The lowest BCUT2D eigenvalue weighted by atomic mass is 9.75. The van der Waals surface area contributed by atoms with E-state index in [1.165, 1.54) is 19.3 Å². The lowest BCUT2D eigenvalue weighted by molar-refractivity contribution is 0.208. The van der Waals surface area contributed by atoms with Crippen LogP contribution in [-0.4, -0.2) is 0 Å². The Morgan fingerprint density at radius 2 is 1.31 bits per heavy atom. The Morgan fingerprint density at radius 3 is 1.62 bits per heavy atom. The van der Waals surface area contributed by atoms with Gasteiger partial charge in [-0.15, -0.1) is 0 Å². The van der Waals surface area contributed by atoms with E-state index in [1.54, 1.807) is 0 Å². The second kappa shape index (κ2) is 4.48. The summed E-state index contributed by atoms with van der Waals surface area (Å²) in [6.45, 7) is 16.4. The van der Waals surface area contributed by atoms with Crippen LogP contribution in [0.15, 0.2) is 0 Å². The van der Waals surface area contributed by atoms with Gasteiger partial charge < -0.3 is 0 Å². The zero-order valence-corrected chi connectivity index (χ0v) is 10.7. The maximum atomic E-state index is 2.39. The van der Waals surface area contributed by atoms with Crippen LogP contribution in [-0.2, 0) is 0 Å². The van der Waals surface area contributed by atoms with Gasteiger partial charge in [-0.1, -0.05) is 54.9 Å². The fraction of sp³-hybridized carbons (Fsp3) is 1.00. The largest absolute Gasteiger partial charge is 0.0623 e. The number of hydrogen-bond donors (Lipinski definition) is 0. The van der Waals surface area contributed by atoms with E-state index in [2.05, 4.69) is 48.5 Å². The van der Waals surface area contributed by atoms with Crippen LogP contribution in [0, 0.1) is 16.7 Å². The van der Waals surface area contributed by atoms with Gasteiger partial charge in [0.15, 0.2) is 0 Å². The molecule has 0 unspecified atom stereocenters. The molecular weight excluding hydrogens is 156 g/mol. The van der Waals surface area contributed by atoms with Crippen LogP contribution in [0.3, 0.4) is 0 Å². The first-order valence-electron chi connectivity index (χ1n) is 5.65. The van der Waals surface area contributed by atoms with Gasteiger partial charge in [0.1, 0.15) is 0 Å². The fourth-order valence-electron chi connectivity index (χ4n) is 1.36. The van der Waals surface area contributed by atoms with Gasteiger partial charge in [-0.2, -0.15) is 0 Å². The molecule has 0 radical (unpaired) electrons. The zero-order valence-electron chi connectivity index (χ0n) is 10.7. The fourth-order valence-corrected chi connectivity index (χ4v) is 1.36. The molecule has 0 aromatic carbocycles. The maximum Gasteiger partial charge on any atom is -0.0331 e. The van der Waals surface area contributed by atoms with Gasteiger partial charge in [-0.05, 0) is 29.6 Å². The van der Waals surface area contributed by atoms with Gasteiger partial charge in [0.25, 0.3) is 0 Å². The van der Waals surface area contributed by atoms with E-state index in [-0.39, 0.29) is 0 Å². The van der Waals surface area contributed by atoms with Gasteiger partial charge in [-0.25, -0.2) is 0 Å². The predicted molar refractivity (Wildman–Crippen MR) is 61.9 cm³/mol. The predicted octanol–water partition coefficient (Wildman–Crippen LogP) is 4.89. The average Bonchev–Trinajstić information content (AvgIpc) is 1.82. The van der Waals surface area contributed by atoms with Gasteiger partial charge in [0.2, 0.25) is 0 Å². The Labute approximate surface area is 85.1 Å². The Kier molecular flexibility index (Phi) is 4.48. The smallest absolute Gasteiger partial charge is 0.0331 e. The first kappa shape index (κ1) is 13.0. The average molecular weight is 184 g/mol. The Bertz CT molecular complexity index is 135. The Morgan fingerprint density at radius 1 is 0.846 bits per heavy atom. The first-order valence-corrected chi connectivity index (χ1v) is 5.65. The normalized spacial score (nSPS) is 13.8. The van der Waals surface area contributed by atoms with Crippen molar-refractivity contribution in [3.8, 4) is 0 Å². The summed E-state index contributed by atoms with van der Waals surface area (Å²) in [6, 6.07) is 0. The van der Waals surface area contributed by atoms with Crippen molar-refractivity contribution in [3.05, 3.63) is 0 Å². The molecule has 0 aliphatic carbocycles. The van der Waals surface area contributed by atoms with Crippen molar-refractivity contribution in [1.29, 1.82) is 0 Å². The van der Waals surface area contributed by atoms with Crippen molar-refractivity contribution < 1.29 is 0 Å². The quantitative estimate of drug-likeness (QED) is 0.584. The lowest BCUT2D eigenvalue weighted by Gasteiger charge is -2.30. The molecule has 0 saturated carbocycles. The van der Waals surface area contributed by atoms with Crippen LogP contribution in [0.1, 0.15) is 67.7 Å². The van der Waals surface area contributed by atoms with Crippen LogP contribution in [0.2, 0.25) is 0 Å². The van der Waals surface area contributed by atoms with Crippen LogP contribution < -0.4 is 0 Å². The Balaban J connectivity index is 3.77. The van der Waals surface area contributed by atoms with E-state index in [1.807, 2.05) is 0 Å². The highest BCUT2D eigenvalue weighted by Gasteiger charge is 2.22. The molecule has 0 aromatic rings. The minimum atomic E-state index is 0.507. The van der Waals surface area contributed by atoms with Gasteiger partial charge in [0, 0.05) is 0 Å². The van der Waals surface area contributed by atoms with Gasteiger partial charge in [0.05, 0.1) is 0 Å². The molecule has 80 valence electrons. The highest BCUT2D eigenvalue weighted by molar-refractivity contribution is 4.73. The minimum absolute atomic E-state index is 0.507. The molecule has 0 saturated heterocycles. The second-order valence-corrected chi connectivity index (χ2v) is 6.56. The molecule has 0 amide bonds. The third-order valence-corrected chi connectivity index (χ3v) is 3.31. The summed E-state index contributed by atoms with van der Waals surface area (Å²) in [7, 11) is 0. The molecule has 0 heteroatoms. The molecule has 0 aromatic heterocycles.